The molecule has 1 rings (SSSR count). The van der Waals surface area contributed by atoms with E-state index < -0.39 is 26.7 Å². The first-order chi connectivity index (χ1) is 9.04. The van der Waals surface area contributed by atoms with E-state index >= 15 is 0 Å². The summed E-state index contributed by atoms with van der Waals surface area (Å²) in [6, 6.07) is 2.74. The second-order valence-corrected chi connectivity index (χ2v) is 6.41. The summed E-state index contributed by atoms with van der Waals surface area (Å²) in [5.74, 6) is 0. The van der Waals surface area contributed by atoms with E-state index in [4.69, 9.17) is 5.73 Å². The van der Waals surface area contributed by atoms with Crippen molar-refractivity contribution in [1.29, 1.82) is 0 Å². The fraction of sp³-hybridized carbons (Fsp3) is 0.500. The molecule has 122 valence electrons. The zero-order valence-electron chi connectivity index (χ0n) is 11.6. The Morgan fingerprint density at radius 3 is 2.38 bits per heavy atom. The molecular formula is C12H18ClF3N2O2S. The Labute approximate surface area is 128 Å². The fourth-order valence-corrected chi connectivity index (χ4v) is 2.65. The second kappa shape index (κ2) is 7.44. The van der Waals surface area contributed by atoms with Gasteiger partial charge >= 0.3 is 6.18 Å². The van der Waals surface area contributed by atoms with Crippen LogP contribution >= 0.6 is 12.4 Å². The van der Waals surface area contributed by atoms with Crippen LogP contribution in [0.3, 0.4) is 0 Å². The molecule has 3 N–H and O–H groups in total. The minimum absolute atomic E-state index is 0. The minimum Gasteiger partial charge on any atom is -0.328 e. The Kier molecular flexibility index (Phi) is 7.14. The van der Waals surface area contributed by atoms with Crippen LogP contribution in [0.4, 0.5) is 13.2 Å². The normalized spacial score (nSPS) is 13.6. The van der Waals surface area contributed by atoms with E-state index in [1.807, 2.05) is 0 Å². The topological polar surface area (TPSA) is 72.2 Å². The van der Waals surface area contributed by atoms with E-state index in [1.165, 1.54) is 6.92 Å². The largest absolute Gasteiger partial charge is 0.416 e. The first-order valence-corrected chi connectivity index (χ1v) is 7.45. The van der Waals surface area contributed by atoms with Crippen molar-refractivity contribution in [3.8, 4) is 0 Å². The van der Waals surface area contributed by atoms with Crippen LogP contribution in [0.25, 0.3) is 0 Å². The summed E-state index contributed by atoms with van der Waals surface area (Å²) in [7, 11) is -3.96. The van der Waals surface area contributed by atoms with Gasteiger partial charge in [-0.3, -0.25) is 0 Å². The van der Waals surface area contributed by atoms with Crippen molar-refractivity contribution in [1.82, 2.24) is 4.72 Å². The Hall–Kier alpha value is -0.830. The number of hydrogen-bond donors (Lipinski definition) is 2. The van der Waals surface area contributed by atoms with E-state index in [9.17, 15) is 21.6 Å². The van der Waals surface area contributed by atoms with Gasteiger partial charge in [0.2, 0.25) is 10.0 Å². The van der Waals surface area contributed by atoms with Crippen molar-refractivity contribution >= 4 is 22.4 Å². The highest BCUT2D eigenvalue weighted by molar-refractivity contribution is 7.89. The number of aryl methyl sites for hydroxylation is 1. The molecule has 1 aromatic carbocycles. The third-order valence-corrected chi connectivity index (χ3v) is 4.18. The lowest BCUT2D eigenvalue weighted by Gasteiger charge is -2.13. The van der Waals surface area contributed by atoms with E-state index in [-0.39, 0.29) is 30.6 Å². The van der Waals surface area contributed by atoms with E-state index in [2.05, 4.69) is 4.72 Å². The lowest BCUT2D eigenvalue weighted by molar-refractivity contribution is -0.138. The summed E-state index contributed by atoms with van der Waals surface area (Å²) in [5.41, 5.74) is 4.51. The van der Waals surface area contributed by atoms with Crippen LogP contribution in [0.15, 0.2) is 23.1 Å². The molecule has 0 aliphatic carbocycles. The highest BCUT2D eigenvalue weighted by atomic mass is 35.5. The predicted molar refractivity (Wildman–Crippen MR) is 76.9 cm³/mol. The highest BCUT2D eigenvalue weighted by Gasteiger charge is 2.33. The van der Waals surface area contributed by atoms with Gasteiger partial charge in [0.25, 0.3) is 0 Å². The van der Waals surface area contributed by atoms with Crippen LogP contribution in [-0.2, 0) is 16.2 Å². The molecule has 0 saturated carbocycles. The van der Waals surface area contributed by atoms with Crippen molar-refractivity contribution in [2.75, 3.05) is 6.54 Å². The molecule has 0 aliphatic rings. The summed E-state index contributed by atoms with van der Waals surface area (Å²) in [6.07, 6.45) is -4.18. The van der Waals surface area contributed by atoms with Gasteiger partial charge in [-0.25, -0.2) is 13.1 Å². The number of rotatable bonds is 5. The Balaban J connectivity index is 0.00000400. The summed E-state index contributed by atoms with van der Waals surface area (Å²) >= 11 is 0. The molecule has 0 bridgehead atoms. The molecular weight excluding hydrogens is 329 g/mol. The molecule has 0 heterocycles. The number of nitrogens with one attached hydrogen (secondary N) is 1. The Morgan fingerprint density at radius 2 is 1.90 bits per heavy atom. The molecule has 21 heavy (non-hydrogen) atoms. The van der Waals surface area contributed by atoms with Crippen molar-refractivity contribution in [3.63, 3.8) is 0 Å². The quantitative estimate of drug-likeness (QED) is 0.860. The number of halogens is 4. The monoisotopic (exact) mass is 346 g/mol. The molecule has 0 fully saturated rings. The first-order valence-electron chi connectivity index (χ1n) is 5.97. The van der Waals surface area contributed by atoms with Crippen LogP contribution in [0.1, 0.15) is 24.5 Å². The van der Waals surface area contributed by atoms with Gasteiger partial charge in [0, 0.05) is 12.6 Å². The van der Waals surface area contributed by atoms with E-state index in [0.717, 1.165) is 12.1 Å². The van der Waals surface area contributed by atoms with Crippen molar-refractivity contribution in [3.05, 3.63) is 29.3 Å². The predicted octanol–water partition coefficient (Wildman–Crippen LogP) is 2.45. The second-order valence-electron chi connectivity index (χ2n) is 4.64. The first kappa shape index (κ1) is 20.2. The van der Waals surface area contributed by atoms with Crippen LogP contribution in [-0.4, -0.2) is 21.0 Å². The number of hydrogen-bond acceptors (Lipinski definition) is 3. The number of alkyl halides is 3. The molecule has 0 spiro atoms. The zero-order valence-corrected chi connectivity index (χ0v) is 13.2. The van der Waals surface area contributed by atoms with E-state index in [1.54, 1.807) is 6.92 Å². The fourth-order valence-electron chi connectivity index (χ4n) is 1.58. The summed E-state index contributed by atoms with van der Waals surface area (Å²) in [6.45, 7) is 3.07. The van der Waals surface area contributed by atoms with Crippen molar-refractivity contribution in [2.24, 2.45) is 5.73 Å². The highest BCUT2D eigenvalue weighted by Crippen LogP contribution is 2.33. The van der Waals surface area contributed by atoms with Crippen LogP contribution in [0.2, 0.25) is 0 Å². The summed E-state index contributed by atoms with van der Waals surface area (Å²) in [4.78, 5) is -0.403. The van der Waals surface area contributed by atoms with Crippen LogP contribution in [0, 0.1) is 6.92 Å². The average molecular weight is 347 g/mol. The minimum atomic E-state index is -4.58. The molecule has 0 aromatic heterocycles. The molecule has 1 atom stereocenters. The van der Waals surface area contributed by atoms with Gasteiger partial charge in [0.15, 0.2) is 0 Å². The van der Waals surface area contributed by atoms with Crippen molar-refractivity contribution in [2.45, 2.75) is 37.4 Å². The van der Waals surface area contributed by atoms with Crippen molar-refractivity contribution < 1.29 is 21.6 Å². The van der Waals surface area contributed by atoms with Gasteiger partial charge in [-0.1, -0.05) is 6.07 Å². The molecule has 0 saturated heterocycles. The number of sulfonamides is 1. The third-order valence-electron chi connectivity index (χ3n) is 2.72. The maximum Gasteiger partial charge on any atom is 0.416 e. The van der Waals surface area contributed by atoms with Crippen LogP contribution in [0.5, 0.6) is 0 Å². The number of nitrogens with two attached hydrogens (primary N) is 1. The van der Waals surface area contributed by atoms with Gasteiger partial charge in [-0.05, 0) is 38.0 Å². The van der Waals surface area contributed by atoms with Crippen LogP contribution < -0.4 is 10.5 Å². The molecule has 1 aromatic rings. The zero-order chi connectivity index (χ0) is 15.6. The Bertz CT molecular complexity index is 574. The third kappa shape index (κ3) is 5.82. The molecule has 9 heteroatoms. The smallest absolute Gasteiger partial charge is 0.328 e. The molecule has 1 unspecified atom stereocenters. The lowest BCUT2D eigenvalue weighted by Crippen LogP contribution is -2.29. The molecule has 0 amide bonds. The molecule has 0 radical (unpaired) electrons. The van der Waals surface area contributed by atoms with E-state index in [0.29, 0.717) is 12.5 Å². The number of benzene rings is 1. The summed E-state index contributed by atoms with van der Waals surface area (Å²) in [5, 5.41) is 0. The maximum atomic E-state index is 12.7. The van der Waals surface area contributed by atoms with Gasteiger partial charge in [0.05, 0.1) is 10.5 Å². The lowest BCUT2D eigenvalue weighted by atomic mass is 10.1. The average Bonchev–Trinajstić information content (AvgIpc) is 2.26. The standard InChI is InChI=1S/C12H17F3N2O2S.ClH/c1-8-3-4-10(7-11(8)12(13,14)15)20(18,19)17-6-5-9(2)16;/h3-4,7,9,17H,5-6,16H2,1-2H3;1H. The van der Waals surface area contributed by atoms with Gasteiger partial charge in [0.1, 0.15) is 0 Å². The Morgan fingerprint density at radius 1 is 1.33 bits per heavy atom. The van der Waals surface area contributed by atoms with Gasteiger partial charge in [-0.2, -0.15) is 13.2 Å². The van der Waals surface area contributed by atoms with Gasteiger partial charge in [-0.15, -0.1) is 12.4 Å². The van der Waals surface area contributed by atoms with Gasteiger partial charge < -0.3 is 5.73 Å². The molecule has 4 nitrogen and oxygen atoms in total. The SMILES string of the molecule is Cc1ccc(S(=O)(=O)NCCC(C)N)cc1C(F)(F)F.Cl. The molecule has 0 aliphatic heterocycles. The maximum absolute atomic E-state index is 12.7. The summed E-state index contributed by atoms with van der Waals surface area (Å²) < 4.78 is 64.2.